The lowest BCUT2D eigenvalue weighted by Gasteiger charge is -2.13. The fourth-order valence-electron chi connectivity index (χ4n) is 2.82. The molecule has 0 saturated heterocycles. The third kappa shape index (κ3) is 4.35. The van der Waals surface area contributed by atoms with Gasteiger partial charge in [-0.1, -0.05) is 56.0 Å². The Kier molecular flexibility index (Phi) is 5.40. The molecule has 1 aliphatic carbocycles. The molecular formula is C16H24N2O. The van der Waals surface area contributed by atoms with Crippen molar-refractivity contribution in [1.29, 1.82) is 0 Å². The molecule has 3 N–H and O–H groups in total. The lowest BCUT2D eigenvalue weighted by Crippen LogP contribution is -2.34. The predicted molar refractivity (Wildman–Crippen MR) is 77.6 cm³/mol. The van der Waals surface area contributed by atoms with E-state index in [2.05, 4.69) is 5.32 Å². The van der Waals surface area contributed by atoms with Gasteiger partial charge in [0, 0.05) is 6.54 Å². The highest BCUT2D eigenvalue weighted by Crippen LogP contribution is 2.28. The molecule has 1 aromatic rings. The monoisotopic (exact) mass is 260 g/mol. The molecule has 1 amide bonds. The van der Waals surface area contributed by atoms with E-state index in [4.69, 9.17) is 5.73 Å². The molecule has 2 rings (SSSR count). The lowest BCUT2D eigenvalue weighted by molar-refractivity contribution is -0.122. The van der Waals surface area contributed by atoms with Crippen LogP contribution in [0.15, 0.2) is 30.3 Å². The first kappa shape index (κ1) is 14.1. The average molecular weight is 260 g/mol. The zero-order chi connectivity index (χ0) is 13.5. The maximum atomic E-state index is 11.9. The molecule has 0 bridgehead atoms. The van der Waals surface area contributed by atoms with Gasteiger partial charge in [0.05, 0.1) is 0 Å². The molecular weight excluding hydrogens is 236 g/mol. The zero-order valence-corrected chi connectivity index (χ0v) is 11.5. The van der Waals surface area contributed by atoms with Crippen molar-refractivity contribution in [3.05, 3.63) is 35.9 Å². The van der Waals surface area contributed by atoms with Gasteiger partial charge in [0.25, 0.3) is 0 Å². The molecule has 19 heavy (non-hydrogen) atoms. The summed E-state index contributed by atoms with van der Waals surface area (Å²) in [5.41, 5.74) is 6.80. The Balaban J connectivity index is 1.66. The SMILES string of the molecule is N[C@@H](C(=O)NCCCC1CCCC1)c1ccccc1. The fourth-order valence-corrected chi connectivity index (χ4v) is 2.82. The van der Waals surface area contributed by atoms with Gasteiger partial charge in [0.15, 0.2) is 0 Å². The zero-order valence-electron chi connectivity index (χ0n) is 11.5. The van der Waals surface area contributed by atoms with Gasteiger partial charge in [-0.25, -0.2) is 0 Å². The smallest absolute Gasteiger partial charge is 0.241 e. The predicted octanol–water partition coefficient (Wildman–Crippen LogP) is 2.77. The number of nitrogens with one attached hydrogen (secondary N) is 1. The second-order valence-corrected chi connectivity index (χ2v) is 5.47. The van der Waals surface area contributed by atoms with Crippen LogP contribution in [0.1, 0.15) is 50.1 Å². The summed E-state index contributed by atoms with van der Waals surface area (Å²) in [6.45, 7) is 0.746. The molecule has 0 aromatic heterocycles. The van der Waals surface area contributed by atoms with Crippen LogP contribution < -0.4 is 11.1 Å². The molecule has 3 heteroatoms. The molecule has 104 valence electrons. The van der Waals surface area contributed by atoms with Crippen molar-refractivity contribution < 1.29 is 4.79 Å². The van der Waals surface area contributed by atoms with Crippen molar-refractivity contribution >= 4 is 5.91 Å². The third-order valence-electron chi connectivity index (χ3n) is 4.00. The Bertz CT molecular complexity index is 385. The Morgan fingerprint density at radius 2 is 1.95 bits per heavy atom. The maximum Gasteiger partial charge on any atom is 0.241 e. The Morgan fingerprint density at radius 3 is 2.63 bits per heavy atom. The van der Waals surface area contributed by atoms with Crippen molar-refractivity contribution in [1.82, 2.24) is 5.32 Å². The van der Waals surface area contributed by atoms with E-state index in [9.17, 15) is 4.79 Å². The summed E-state index contributed by atoms with van der Waals surface area (Å²) in [5.74, 6) is 0.817. The highest BCUT2D eigenvalue weighted by atomic mass is 16.2. The van der Waals surface area contributed by atoms with Crippen molar-refractivity contribution in [2.75, 3.05) is 6.54 Å². The summed E-state index contributed by atoms with van der Waals surface area (Å²) in [6.07, 6.45) is 7.82. The van der Waals surface area contributed by atoms with E-state index in [1.807, 2.05) is 30.3 Å². The highest BCUT2D eigenvalue weighted by molar-refractivity contribution is 5.82. The molecule has 0 aliphatic heterocycles. The number of benzene rings is 1. The molecule has 1 aromatic carbocycles. The summed E-state index contributed by atoms with van der Waals surface area (Å²) in [7, 11) is 0. The Hall–Kier alpha value is -1.35. The van der Waals surface area contributed by atoms with Crippen molar-refractivity contribution in [2.45, 2.75) is 44.6 Å². The average Bonchev–Trinajstić information content (AvgIpc) is 2.96. The number of carbonyl (C=O) groups is 1. The van der Waals surface area contributed by atoms with Crippen molar-refractivity contribution in [3.8, 4) is 0 Å². The van der Waals surface area contributed by atoms with Crippen LogP contribution in [0, 0.1) is 5.92 Å². The molecule has 0 unspecified atom stereocenters. The number of hydrogen-bond donors (Lipinski definition) is 2. The topological polar surface area (TPSA) is 55.1 Å². The number of nitrogens with two attached hydrogens (primary N) is 1. The number of amides is 1. The second-order valence-electron chi connectivity index (χ2n) is 5.47. The standard InChI is InChI=1S/C16H24N2O/c17-15(14-10-2-1-3-11-14)16(19)18-12-6-9-13-7-4-5-8-13/h1-3,10-11,13,15H,4-9,12,17H2,(H,18,19)/t15-/m1/s1. The quantitative estimate of drug-likeness (QED) is 0.773. The minimum atomic E-state index is -0.548. The number of carbonyl (C=O) groups excluding carboxylic acids is 1. The van der Waals surface area contributed by atoms with E-state index in [0.29, 0.717) is 0 Å². The summed E-state index contributed by atoms with van der Waals surface area (Å²) >= 11 is 0. The van der Waals surface area contributed by atoms with Crippen LogP contribution in [-0.2, 0) is 4.79 Å². The molecule has 1 aliphatic rings. The molecule has 3 nitrogen and oxygen atoms in total. The highest BCUT2D eigenvalue weighted by Gasteiger charge is 2.16. The summed E-state index contributed by atoms with van der Waals surface area (Å²) < 4.78 is 0. The van der Waals surface area contributed by atoms with Gasteiger partial charge in [-0.05, 0) is 24.3 Å². The van der Waals surface area contributed by atoms with Gasteiger partial charge in [0.2, 0.25) is 5.91 Å². The Labute approximate surface area is 115 Å². The van der Waals surface area contributed by atoms with Gasteiger partial charge >= 0.3 is 0 Å². The van der Waals surface area contributed by atoms with E-state index in [0.717, 1.165) is 24.4 Å². The van der Waals surface area contributed by atoms with E-state index >= 15 is 0 Å². The van der Waals surface area contributed by atoms with Gasteiger partial charge < -0.3 is 11.1 Å². The van der Waals surface area contributed by atoms with E-state index < -0.39 is 6.04 Å². The van der Waals surface area contributed by atoms with Crippen LogP contribution in [0.4, 0.5) is 0 Å². The lowest BCUT2D eigenvalue weighted by atomic mass is 10.0. The maximum absolute atomic E-state index is 11.9. The first-order valence-electron chi connectivity index (χ1n) is 7.35. The second kappa shape index (κ2) is 7.29. The number of rotatable bonds is 6. The molecule has 0 heterocycles. The largest absolute Gasteiger partial charge is 0.354 e. The van der Waals surface area contributed by atoms with Crippen LogP contribution in [0.3, 0.4) is 0 Å². The minimum absolute atomic E-state index is 0.0716. The minimum Gasteiger partial charge on any atom is -0.354 e. The van der Waals surface area contributed by atoms with Crippen LogP contribution in [0.5, 0.6) is 0 Å². The molecule has 0 radical (unpaired) electrons. The Morgan fingerprint density at radius 1 is 1.26 bits per heavy atom. The van der Waals surface area contributed by atoms with Gasteiger partial charge in [-0.3, -0.25) is 4.79 Å². The molecule has 1 saturated carbocycles. The molecule has 1 fully saturated rings. The first-order valence-corrected chi connectivity index (χ1v) is 7.35. The first-order chi connectivity index (χ1) is 9.27. The van der Waals surface area contributed by atoms with Crippen LogP contribution in [0.2, 0.25) is 0 Å². The van der Waals surface area contributed by atoms with Gasteiger partial charge in [-0.15, -0.1) is 0 Å². The summed E-state index contributed by atoms with van der Waals surface area (Å²) in [6, 6.07) is 8.97. The van der Waals surface area contributed by atoms with Crippen LogP contribution in [0.25, 0.3) is 0 Å². The van der Waals surface area contributed by atoms with Crippen molar-refractivity contribution in [3.63, 3.8) is 0 Å². The van der Waals surface area contributed by atoms with E-state index in [1.165, 1.54) is 32.1 Å². The fraction of sp³-hybridized carbons (Fsp3) is 0.562. The summed E-state index contributed by atoms with van der Waals surface area (Å²) in [5, 5.41) is 2.94. The van der Waals surface area contributed by atoms with Crippen LogP contribution >= 0.6 is 0 Å². The summed E-state index contributed by atoms with van der Waals surface area (Å²) in [4.78, 5) is 11.9. The normalized spacial score (nSPS) is 17.3. The van der Waals surface area contributed by atoms with Gasteiger partial charge in [0.1, 0.15) is 6.04 Å². The molecule has 1 atom stereocenters. The van der Waals surface area contributed by atoms with Crippen molar-refractivity contribution in [2.24, 2.45) is 11.7 Å². The third-order valence-corrected chi connectivity index (χ3v) is 4.00. The van der Waals surface area contributed by atoms with E-state index in [1.54, 1.807) is 0 Å². The van der Waals surface area contributed by atoms with Gasteiger partial charge in [-0.2, -0.15) is 0 Å². The number of hydrogen-bond acceptors (Lipinski definition) is 2. The van der Waals surface area contributed by atoms with E-state index in [-0.39, 0.29) is 5.91 Å². The molecule has 0 spiro atoms. The van der Waals surface area contributed by atoms with Crippen LogP contribution in [-0.4, -0.2) is 12.5 Å².